The van der Waals surface area contributed by atoms with Crippen LogP contribution in [-0.4, -0.2) is 26.2 Å². The van der Waals surface area contributed by atoms with Crippen LogP contribution in [0.25, 0.3) is 0 Å². The number of nitrogens with zero attached hydrogens (tertiary/aromatic N) is 1. The summed E-state index contributed by atoms with van der Waals surface area (Å²) in [6, 6.07) is 6.67. The molecule has 1 aromatic carbocycles. The zero-order chi connectivity index (χ0) is 11.9. The lowest BCUT2D eigenvalue weighted by Gasteiger charge is -2.25. The molecule has 17 heavy (non-hydrogen) atoms. The number of anilines is 1. The second-order valence-corrected chi connectivity index (χ2v) is 6.41. The normalized spacial score (nSPS) is 28.2. The summed E-state index contributed by atoms with van der Waals surface area (Å²) in [6.45, 7) is 6.95. The summed E-state index contributed by atoms with van der Waals surface area (Å²) in [6.07, 6.45) is 2.67. The molecular weight excluding hydrogens is 276 g/mol. The molecule has 2 aliphatic heterocycles. The van der Waals surface area contributed by atoms with Crippen LogP contribution in [0.5, 0.6) is 0 Å². The maximum atomic E-state index is 3.70. The van der Waals surface area contributed by atoms with Crippen LogP contribution in [-0.2, 0) is 0 Å². The van der Waals surface area contributed by atoms with E-state index in [4.69, 9.17) is 0 Å². The third kappa shape index (κ3) is 2.11. The highest BCUT2D eigenvalue weighted by Crippen LogP contribution is 2.40. The van der Waals surface area contributed by atoms with E-state index in [2.05, 4.69) is 51.3 Å². The number of nitrogens with one attached hydrogen (secondary N) is 1. The summed E-state index contributed by atoms with van der Waals surface area (Å²) >= 11 is 3.70. The maximum Gasteiger partial charge on any atom is 0.0511 e. The molecule has 2 nitrogen and oxygen atoms in total. The monoisotopic (exact) mass is 294 g/mol. The second-order valence-electron chi connectivity index (χ2n) is 5.55. The van der Waals surface area contributed by atoms with Crippen molar-refractivity contribution in [3.05, 3.63) is 28.2 Å². The Balaban J connectivity index is 1.82. The topological polar surface area (TPSA) is 15.3 Å². The molecule has 0 bridgehead atoms. The van der Waals surface area contributed by atoms with Gasteiger partial charge < -0.3 is 10.2 Å². The smallest absolute Gasteiger partial charge is 0.0511 e. The standard InChI is InChI=1S/C14H19BrN2/c1-11-2-3-13(12(15)8-11)17-7-5-14(10-17)4-6-16-9-14/h2-3,8,16H,4-7,9-10H2,1H3. The van der Waals surface area contributed by atoms with Gasteiger partial charge in [-0.15, -0.1) is 0 Å². The third-order valence-electron chi connectivity index (χ3n) is 4.21. The summed E-state index contributed by atoms with van der Waals surface area (Å²) in [4.78, 5) is 2.54. The van der Waals surface area contributed by atoms with Crippen molar-refractivity contribution in [1.82, 2.24) is 5.32 Å². The average molecular weight is 295 g/mol. The van der Waals surface area contributed by atoms with E-state index in [1.54, 1.807) is 0 Å². The predicted octanol–water partition coefficient (Wildman–Crippen LogP) is 2.95. The Morgan fingerprint density at radius 1 is 1.35 bits per heavy atom. The molecule has 0 amide bonds. The summed E-state index contributed by atoms with van der Waals surface area (Å²) in [5.74, 6) is 0. The van der Waals surface area contributed by atoms with Crippen molar-refractivity contribution in [2.24, 2.45) is 5.41 Å². The Hall–Kier alpha value is -0.540. The van der Waals surface area contributed by atoms with Crippen LogP contribution in [0.15, 0.2) is 22.7 Å². The number of aryl methyl sites for hydroxylation is 1. The molecule has 0 radical (unpaired) electrons. The first-order valence-electron chi connectivity index (χ1n) is 6.40. The minimum Gasteiger partial charge on any atom is -0.370 e. The summed E-state index contributed by atoms with van der Waals surface area (Å²) in [5, 5.41) is 3.51. The Labute approximate surface area is 112 Å². The summed E-state index contributed by atoms with van der Waals surface area (Å²) in [7, 11) is 0. The van der Waals surface area contributed by atoms with E-state index in [1.807, 2.05) is 0 Å². The van der Waals surface area contributed by atoms with Gasteiger partial charge in [0, 0.05) is 29.5 Å². The van der Waals surface area contributed by atoms with E-state index in [9.17, 15) is 0 Å². The van der Waals surface area contributed by atoms with Crippen LogP contribution in [0, 0.1) is 12.3 Å². The molecule has 0 saturated carbocycles. The van der Waals surface area contributed by atoms with Gasteiger partial charge in [-0.3, -0.25) is 0 Å². The van der Waals surface area contributed by atoms with E-state index in [0.717, 1.165) is 0 Å². The van der Waals surface area contributed by atoms with Crippen molar-refractivity contribution in [2.45, 2.75) is 19.8 Å². The predicted molar refractivity (Wildman–Crippen MR) is 75.6 cm³/mol. The fraction of sp³-hybridized carbons (Fsp3) is 0.571. The molecule has 1 aromatic rings. The lowest BCUT2D eigenvalue weighted by Crippen LogP contribution is -2.29. The third-order valence-corrected chi connectivity index (χ3v) is 4.85. The summed E-state index contributed by atoms with van der Waals surface area (Å²) < 4.78 is 1.24. The van der Waals surface area contributed by atoms with Gasteiger partial charge in [-0.05, 0) is 59.9 Å². The molecule has 1 atom stereocenters. The first-order chi connectivity index (χ1) is 8.19. The molecule has 0 aliphatic carbocycles. The van der Waals surface area contributed by atoms with Gasteiger partial charge in [0.25, 0.3) is 0 Å². The van der Waals surface area contributed by atoms with Gasteiger partial charge in [0.15, 0.2) is 0 Å². The van der Waals surface area contributed by atoms with Gasteiger partial charge in [0.1, 0.15) is 0 Å². The van der Waals surface area contributed by atoms with Crippen LogP contribution < -0.4 is 10.2 Å². The minimum absolute atomic E-state index is 0.546. The van der Waals surface area contributed by atoms with Crippen LogP contribution >= 0.6 is 15.9 Å². The molecule has 2 saturated heterocycles. The van der Waals surface area contributed by atoms with Gasteiger partial charge in [-0.25, -0.2) is 0 Å². The largest absolute Gasteiger partial charge is 0.370 e. The molecule has 2 aliphatic rings. The van der Waals surface area contributed by atoms with Gasteiger partial charge >= 0.3 is 0 Å². The van der Waals surface area contributed by atoms with Crippen molar-refractivity contribution in [3.63, 3.8) is 0 Å². The SMILES string of the molecule is Cc1ccc(N2CCC3(CCNC3)C2)c(Br)c1. The number of rotatable bonds is 1. The fourth-order valence-corrected chi connectivity index (χ4v) is 3.90. The molecule has 3 rings (SSSR count). The number of halogens is 1. The van der Waals surface area contributed by atoms with Crippen molar-refractivity contribution >= 4 is 21.6 Å². The zero-order valence-electron chi connectivity index (χ0n) is 10.3. The minimum atomic E-state index is 0.546. The Bertz CT molecular complexity index is 424. The van der Waals surface area contributed by atoms with E-state index < -0.39 is 0 Å². The lowest BCUT2D eigenvalue weighted by molar-refractivity contribution is 0.369. The Morgan fingerprint density at radius 3 is 2.94 bits per heavy atom. The highest BCUT2D eigenvalue weighted by Gasteiger charge is 2.40. The highest BCUT2D eigenvalue weighted by molar-refractivity contribution is 9.10. The molecule has 92 valence electrons. The van der Waals surface area contributed by atoms with Crippen molar-refractivity contribution in [3.8, 4) is 0 Å². The molecule has 0 aromatic heterocycles. The first-order valence-corrected chi connectivity index (χ1v) is 7.20. The molecule has 1 spiro atoms. The molecule has 2 fully saturated rings. The van der Waals surface area contributed by atoms with E-state index in [0.29, 0.717) is 5.41 Å². The van der Waals surface area contributed by atoms with E-state index in [-0.39, 0.29) is 0 Å². The summed E-state index contributed by atoms with van der Waals surface area (Å²) in [5.41, 5.74) is 3.22. The Morgan fingerprint density at radius 2 is 2.24 bits per heavy atom. The number of hydrogen-bond acceptors (Lipinski definition) is 2. The van der Waals surface area contributed by atoms with Crippen molar-refractivity contribution in [1.29, 1.82) is 0 Å². The zero-order valence-corrected chi connectivity index (χ0v) is 11.9. The highest BCUT2D eigenvalue weighted by atomic mass is 79.9. The fourth-order valence-electron chi connectivity index (χ4n) is 3.15. The van der Waals surface area contributed by atoms with Crippen molar-refractivity contribution < 1.29 is 0 Å². The second kappa shape index (κ2) is 4.29. The van der Waals surface area contributed by atoms with E-state index >= 15 is 0 Å². The van der Waals surface area contributed by atoms with Crippen LogP contribution in [0.4, 0.5) is 5.69 Å². The molecule has 1 N–H and O–H groups in total. The first kappa shape index (κ1) is 11.5. The van der Waals surface area contributed by atoms with Crippen LogP contribution in [0.1, 0.15) is 18.4 Å². The molecular formula is C14H19BrN2. The van der Waals surface area contributed by atoms with Gasteiger partial charge in [0.05, 0.1) is 5.69 Å². The lowest BCUT2D eigenvalue weighted by atomic mass is 9.86. The van der Waals surface area contributed by atoms with Crippen molar-refractivity contribution in [2.75, 3.05) is 31.1 Å². The quantitative estimate of drug-likeness (QED) is 0.857. The van der Waals surface area contributed by atoms with Crippen LogP contribution in [0.2, 0.25) is 0 Å². The molecule has 2 heterocycles. The Kier molecular flexibility index (Phi) is 2.91. The van der Waals surface area contributed by atoms with E-state index in [1.165, 1.54) is 54.7 Å². The number of hydrogen-bond donors (Lipinski definition) is 1. The average Bonchev–Trinajstić information content (AvgIpc) is 2.90. The molecule has 3 heteroatoms. The molecule has 1 unspecified atom stereocenters. The van der Waals surface area contributed by atoms with Gasteiger partial charge in [0.2, 0.25) is 0 Å². The van der Waals surface area contributed by atoms with Gasteiger partial charge in [-0.1, -0.05) is 6.07 Å². The van der Waals surface area contributed by atoms with Crippen LogP contribution in [0.3, 0.4) is 0 Å². The number of benzene rings is 1. The van der Waals surface area contributed by atoms with Gasteiger partial charge in [-0.2, -0.15) is 0 Å². The maximum absolute atomic E-state index is 3.70.